The van der Waals surface area contributed by atoms with Crippen LogP contribution >= 0.6 is 0 Å². The first-order chi connectivity index (χ1) is 14.6. The predicted molar refractivity (Wildman–Crippen MR) is 114 cm³/mol. The largest absolute Gasteiger partial charge is 0.493 e. The zero-order chi connectivity index (χ0) is 21.1. The fraction of sp³-hybridized carbons (Fsp3) is 0.750. The van der Waals surface area contributed by atoms with Crippen LogP contribution in [-0.4, -0.2) is 59.5 Å². The molecule has 6 nitrogen and oxygen atoms in total. The van der Waals surface area contributed by atoms with E-state index in [-0.39, 0.29) is 16.2 Å². The molecule has 0 aliphatic carbocycles. The first-order valence-corrected chi connectivity index (χ1v) is 11.3. The highest BCUT2D eigenvalue weighted by Gasteiger charge is 2.40. The van der Waals surface area contributed by atoms with Crippen molar-refractivity contribution in [3.8, 4) is 17.2 Å². The fourth-order valence-corrected chi connectivity index (χ4v) is 3.85. The molecule has 3 heterocycles. The van der Waals surface area contributed by atoms with Gasteiger partial charge in [0.25, 0.3) is 0 Å². The van der Waals surface area contributed by atoms with Crippen molar-refractivity contribution in [2.45, 2.75) is 40.0 Å². The Morgan fingerprint density at radius 1 is 0.633 bits per heavy atom. The average molecular weight is 421 g/mol. The summed E-state index contributed by atoms with van der Waals surface area (Å²) in [5.74, 6) is 2.32. The summed E-state index contributed by atoms with van der Waals surface area (Å²) in [5, 5.41) is 0. The maximum Gasteiger partial charge on any atom is 0.164 e. The van der Waals surface area contributed by atoms with Gasteiger partial charge in [-0.25, -0.2) is 0 Å². The Morgan fingerprint density at radius 3 is 1.47 bits per heavy atom. The highest BCUT2D eigenvalue weighted by Crippen LogP contribution is 2.39. The summed E-state index contributed by atoms with van der Waals surface area (Å²) < 4.78 is 34.9. The molecule has 168 valence electrons. The molecule has 0 amide bonds. The quantitative estimate of drug-likeness (QED) is 0.507. The van der Waals surface area contributed by atoms with E-state index in [2.05, 4.69) is 20.8 Å². The second kappa shape index (κ2) is 8.93. The Bertz CT molecular complexity index is 689. The van der Waals surface area contributed by atoms with Crippen LogP contribution in [0.15, 0.2) is 18.2 Å². The zero-order valence-corrected chi connectivity index (χ0v) is 18.7. The summed E-state index contributed by atoms with van der Waals surface area (Å²) in [5.41, 5.74) is 0.371. The standard InChI is InChI=1S/C24H36O6/c1-4-22(10-25-11-22)16-28-19-7-8-20(29-17-23(5-2)12-26-13-23)21(9-19)30-18-24(6-3)14-27-15-24/h7-9H,4-6,10-18H2,1-3H3. The van der Waals surface area contributed by atoms with Crippen LogP contribution in [0.4, 0.5) is 0 Å². The summed E-state index contributed by atoms with van der Waals surface area (Å²) in [6.45, 7) is 13.1. The van der Waals surface area contributed by atoms with Gasteiger partial charge in [0.15, 0.2) is 11.5 Å². The summed E-state index contributed by atoms with van der Waals surface area (Å²) in [4.78, 5) is 0. The topological polar surface area (TPSA) is 55.4 Å². The zero-order valence-electron chi connectivity index (χ0n) is 18.7. The second-order valence-electron chi connectivity index (χ2n) is 9.51. The lowest BCUT2D eigenvalue weighted by molar-refractivity contribution is -0.137. The van der Waals surface area contributed by atoms with Crippen molar-refractivity contribution in [1.29, 1.82) is 0 Å². The lowest BCUT2D eigenvalue weighted by Gasteiger charge is -2.41. The molecule has 0 radical (unpaired) electrons. The number of ether oxygens (including phenoxy) is 6. The second-order valence-corrected chi connectivity index (χ2v) is 9.51. The van der Waals surface area contributed by atoms with Crippen molar-refractivity contribution in [1.82, 2.24) is 0 Å². The van der Waals surface area contributed by atoms with E-state index in [4.69, 9.17) is 28.4 Å². The molecule has 0 unspecified atom stereocenters. The van der Waals surface area contributed by atoms with Gasteiger partial charge in [-0.05, 0) is 31.4 Å². The smallest absolute Gasteiger partial charge is 0.164 e. The van der Waals surface area contributed by atoms with Gasteiger partial charge >= 0.3 is 0 Å². The summed E-state index contributed by atoms with van der Waals surface area (Å²) in [7, 11) is 0. The summed E-state index contributed by atoms with van der Waals surface area (Å²) in [6, 6.07) is 5.92. The monoisotopic (exact) mass is 420 g/mol. The SMILES string of the molecule is CCC1(COc2ccc(OCC3(CC)COC3)c(OCC3(CC)COC3)c2)COC1. The predicted octanol–water partition coefficient (Wildman–Crippen LogP) is 4.10. The lowest BCUT2D eigenvalue weighted by atomic mass is 9.84. The number of benzene rings is 1. The Morgan fingerprint density at radius 2 is 1.07 bits per heavy atom. The molecule has 6 heteroatoms. The molecule has 4 rings (SSSR count). The van der Waals surface area contributed by atoms with E-state index in [1.165, 1.54) is 0 Å². The van der Waals surface area contributed by atoms with Gasteiger partial charge in [0.1, 0.15) is 5.75 Å². The van der Waals surface area contributed by atoms with Gasteiger partial charge in [0, 0.05) is 6.07 Å². The van der Waals surface area contributed by atoms with Gasteiger partial charge < -0.3 is 28.4 Å². The van der Waals surface area contributed by atoms with Crippen molar-refractivity contribution in [3.63, 3.8) is 0 Å². The minimum atomic E-state index is 0.107. The molecule has 1 aromatic carbocycles. The third-order valence-electron chi connectivity index (χ3n) is 7.23. The van der Waals surface area contributed by atoms with E-state index >= 15 is 0 Å². The highest BCUT2D eigenvalue weighted by molar-refractivity contribution is 5.45. The van der Waals surface area contributed by atoms with Crippen LogP contribution in [0.1, 0.15) is 40.0 Å². The van der Waals surface area contributed by atoms with Gasteiger partial charge in [-0.2, -0.15) is 0 Å². The Labute approximate surface area is 180 Å². The maximum atomic E-state index is 6.28. The molecule has 30 heavy (non-hydrogen) atoms. The van der Waals surface area contributed by atoms with Crippen molar-refractivity contribution in [3.05, 3.63) is 18.2 Å². The van der Waals surface area contributed by atoms with E-state index in [0.717, 1.165) is 76.2 Å². The number of hydrogen-bond donors (Lipinski definition) is 0. The van der Waals surface area contributed by atoms with Crippen LogP contribution in [0.5, 0.6) is 17.2 Å². The van der Waals surface area contributed by atoms with Gasteiger partial charge in [0.2, 0.25) is 0 Å². The van der Waals surface area contributed by atoms with E-state index in [9.17, 15) is 0 Å². The third-order valence-corrected chi connectivity index (χ3v) is 7.23. The molecule has 0 aromatic heterocycles. The highest BCUT2D eigenvalue weighted by atomic mass is 16.5. The van der Waals surface area contributed by atoms with Crippen LogP contribution in [0.25, 0.3) is 0 Å². The molecule has 0 saturated carbocycles. The molecule has 0 spiro atoms. The molecular formula is C24H36O6. The Kier molecular flexibility index (Phi) is 6.47. The van der Waals surface area contributed by atoms with Crippen molar-refractivity contribution < 1.29 is 28.4 Å². The van der Waals surface area contributed by atoms with Crippen LogP contribution in [0, 0.1) is 16.2 Å². The Balaban J connectivity index is 1.44. The van der Waals surface area contributed by atoms with Crippen LogP contribution in [-0.2, 0) is 14.2 Å². The van der Waals surface area contributed by atoms with E-state index in [1.54, 1.807) is 0 Å². The first kappa shape index (κ1) is 21.7. The van der Waals surface area contributed by atoms with Crippen molar-refractivity contribution >= 4 is 0 Å². The molecule has 3 aliphatic rings. The Hall–Kier alpha value is -1.50. The normalized spacial score (nSPS) is 22.9. The molecule has 3 aliphatic heterocycles. The minimum absolute atomic E-state index is 0.107. The number of rotatable bonds is 12. The molecule has 0 atom stereocenters. The summed E-state index contributed by atoms with van der Waals surface area (Å²) >= 11 is 0. The van der Waals surface area contributed by atoms with Crippen molar-refractivity contribution in [2.24, 2.45) is 16.2 Å². The van der Waals surface area contributed by atoms with E-state index < -0.39 is 0 Å². The average Bonchev–Trinajstić information content (AvgIpc) is 2.67. The van der Waals surface area contributed by atoms with Crippen LogP contribution < -0.4 is 14.2 Å². The van der Waals surface area contributed by atoms with Gasteiger partial charge in [0.05, 0.1) is 75.7 Å². The first-order valence-electron chi connectivity index (χ1n) is 11.3. The molecule has 3 fully saturated rings. The molecule has 0 bridgehead atoms. The van der Waals surface area contributed by atoms with E-state index in [1.807, 2.05) is 18.2 Å². The maximum absolute atomic E-state index is 6.28. The van der Waals surface area contributed by atoms with Gasteiger partial charge in [-0.1, -0.05) is 20.8 Å². The molecule has 3 saturated heterocycles. The fourth-order valence-electron chi connectivity index (χ4n) is 3.85. The lowest BCUT2D eigenvalue weighted by Crippen LogP contribution is -2.47. The molecular weight excluding hydrogens is 384 g/mol. The van der Waals surface area contributed by atoms with Gasteiger partial charge in [-0.3, -0.25) is 0 Å². The van der Waals surface area contributed by atoms with Crippen LogP contribution in [0.3, 0.4) is 0 Å². The molecule has 1 aromatic rings. The minimum Gasteiger partial charge on any atom is -0.493 e. The van der Waals surface area contributed by atoms with Crippen LogP contribution in [0.2, 0.25) is 0 Å². The summed E-state index contributed by atoms with van der Waals surface area (Å²) in [6.07, 6.45) is 3.13. The number of hydrogen-bond acceptors (Lipinski definition) is 6. The third kappa shape index (κ3) is 4.41. The van der Waals surface area contributed by atoms with Gasteiger partial charge in [-0.15, -0.1) is 0 Å². The van der Waals surface area contributed by atoms with Crippen molar-refractivity contribution in [2.75, 3.05) is 59.5 Å². The molecule has 0 N–H and O–H groups in total. The van der Waals surface area contributed by atoms with E-state index in [0.29, 0.717) is 19.8 Å².